The van der Waals surface area contributed by atoms with Crippen molar-refractivity contribution in [3.05, 3.63) is 29.8 Å². The summed E-state index contributed by atoms with van der Waals surface area (Å²) in [6.45, 7) is 0.556. The fraction of sp³-hybridized carbons (Fsp3) is 0.400. The molecule has 0 saturated carbocycles. The first-order chi connectivity index (χ1) is 10.1. The molecule has 3 N–H and O–H groups in total. The highest BCUT2D eigenvalue weighted by atomic mass is 16.3. The van der Waals surface area contributed by atoms with Crippen LogP contribution in [0.5, 0.6) is 5.75 Å². The molecule has 0 aliphatic carbocycles. The van der Waals surface area contributed by atoms with Crippen LogP contribution in [0.15, 0.2) is 24.3 Å². The van der Waals surface area contributed by atoms with Gasteiger partial charge in [-0.05, 0) is 24.1 Å². The Morgan fingerprint density at radius 1 is 1.19 bits per heavy atom. The van der Waals surface area contributed by atoms with Crippen LogP contribution in [0, 0.1) is 22.7 Å². The molecular formula is C15H18N4O2. The maximum atomic E-state index is 12.3. The van der Waals surface area contributed by atoms with Crippen molar-refractivity contribution in [2.24, 2.45) is 5.73 Å². The van der Waals surface area contributed by atoms with Crippen molar-refractivity contribution in [2.45, 2.75) is 25.3 Å². The lowest BCUT2D eigenvalue weighted by molar-refractivity contribution is -0.132. The summed E-state index contributed by atoms with van der Waals surface area (Å²) >= 11 is 0. The predicted octanol–water partition coefficient (Wildman–Crippen LogP) is 0.918. The quantitative estimate of drug-likeness (QED) is 0.773. The Morgan fingerprint density at radius 2 is 1.71 bits per heavy atom. The van der Waals surface area contributed by atoms with Gasteiger partial charge in [-0.15, -0.1) is 0 Å². The molecule has 1 amide bonds. The maximum absolute atomic E-state index is 12.3. The fourth-order valence-electron chi connectivity index (χ4n) is 1.91. The summed E-state index contributed by atoms with van der Waals surface area (Å²) in [5.74, 6) is -0.114. The van der Waals surface area contributed by atoms with E-state index in [9.17, 15) is 9.90 Å². The Kier molecular flexibility index (Phi) is 6.73. The average Bonchev–Trinajstić information content (AvgIpc) is 2.49. The number of phenolic OH excluding ortho intramolecular Hbond substituents is 1. The van der Waals surface area contributed by atoms with E-state index in [-0.39, 0.29) is 37.6 Å². The van der Waals surface area contributed by atoms with Crippen molar-refractivity contribution >= 4 is 5.91 Å². The highest BCUT2D eigenvalue weighted by Crippen LogP contribution is 2.11. The molecule has 110 valence electrons. The first-order valence-electron chi connectivity index (χ1n) is 6.64. The number of hydrogen-bond donors (Lipinski definition) is 2. The normalized spacial score (nSPS) is 11.2. The first-order valence-corrected chi connectivity index (χ1v) is 6.64. The Morgan fingerprint density at radius 3 is 2.19 bits per heavy atom. The molecule has 0 aliphatic rings. The minimum Gasteiger partial charge on any atom is -0.508 e. The molecule has 6 heteroatoms. The third kappa shape index (κ3) is 5.52. The van der Waals surface area contributed by atoms with Crippen molar-refractivity contribution < 1.29 is 9.90 Å². The van der Waals surface area contributed by atoms with E-state index in [1.54, 1.807) is 12.1 Å². The summed E-state index contributed by atoms with van der Waals surface area (Å²) in [7, 11) is 0. The Bertz CT molecular complexity index is 524. The topological polar surface area (TPSA) is 114 Å². The summed E-state index contributed by atoms with van der Waals surface area (Å²) in [5, 5.41) is 26.4. The number of carbonyl (C=O) groups excluding carboxylic acids is 1. The summed E-state index contributed by atoms with van der Waals surface area (Å²) in [5.41, 5.74) is 6.75. The van der Waals surface area contributed by atoms with Crippen molar-refractivity contribution in [3.8, 4) is 17.9 Å². The third-order valence-corrected chi connectivity index (χ3v) is 3.01. The summed E-state index contributed by atoms with van der Waals surface area (Å²) in [4.78, 5) is 13.7. The number of benzene rings is 1. The molecule has 0 radical (unpaired) electrons. The summed E-state index contributed by atoms with van der Waals surface area (Å²) in [6, 6.07) is 9.71. The van der Waals surface area contributed by atoms with E-state index < -0.39 is 6.04 Å². The SMILES string of the molecule is N#CCCN(CCC#N)C(=O)[C@@H](N)Cc1ccc(O)cc1. The molecule has 0 bridgehead atoms. The number of hydrogen-bond acceptors (Lipinski definition) is 5. The van der Waals surface area contributed by atoms with Crippen molar-refractivity contribution in [3.63, 3.8) is 0 Å². The van der Waals surface area contributed by atoms with E-state index >= 15 is 0 Å². The van der Waals surface area contributed by atoms with Crippen molar-refractivity contribution in [2.75, 3.05) is 13.1 Å². The van der Waals surface area contributed by atoms with Crippen LogP contribution in [0.2, 0.25) is 0 Å². The molecule has 0 aliphatic heterocycles. The van der Waals surface area contributed by atoms with E-state index in [0.717, 1.165) is 5.56 Å². The van der Waals surface area contributed by atoms with Crippen LogP contribution in [-0.2, 0) is 11.2 Å². The molecule has 1 aromatic rings. The summed E-state index contributed by atoms with van der Waals surface area (Å²) < 4.78 is 0. The smallest absolute Gasteiger partial charge is 0.239 e. The first kappa shape index (κ1) is 16.5. The highest BCUT2D eigenvalue weighted by Gasteiger charge is 2.20. The van der Waals surface area contributed by atoms with Crippen LogP contribution >= 0.6 is 0 Å². The Balaban J connectivity index is 2.66. The molecule has 1 aromatic carbocycles. The number of amides is 1. The lowest BCUT2D eigenvalue weighted by atomic mass is 10.1. The molecule has 0 unspecified atom stereocenters. The fourth-order valence-corrected chi connectivity index (χ4v) is 1.91. The number of carbonyl (C=O) groups is 1. The highest BCUT2D eigenvalue weighted by molar-refractivity contribution is 5.82. The second-order valence-corrected chi connectivity index (χ2v) is 4.62. The second-order valence-electron chi connectivity index (χ2n) is 4.62. The van der Waals surface area contributed by atoms with Gasteiger partial charge in [0.1, 0.15) is 5.75 Å². The van der Waals surface area contributed by atoms with Gasteiger partial charge in [-0.2, -0.15) is 10.5 Å². The molecule has 21 heavy (non-hydrogen) atoms. The minimum absolute atomic E-state index is 0.156. The zero-order valence-corrected chi connectivity index (χ0v) is 11.7. The van der Waals surface area contributed by atoms with Gasteiger partial charge in [0.15, 0.2) is 0 Å². The van der Waals surface area contributed by atoms with Gasteiger partial charge < -0.3 is 15.7 Å². The van der Waals surface area contributed by atoms with Crippen molar-refractivity contribution in [1.82, 2.24) is 4.90 Å². The van der Waals surface area contributed by atoms with Crippen LogP contribution in [0.4, 0.5) is 0 Å². The standard InChI is InChI=1S/C15H18N4O2/c16-7-1-9-19(10-2-8-17)15(21)14(18)11-12-3-5-13(20)6-4-12/h3-6,14,20H,1-2,9-11,18H2/t14-/m0/s1. The van der Waals surface area contributed by atoms with Gasteiger partial charge >= 0.3 is 0 Å². The van der Waals surface area contributed by atoms with Gasteiger partial charge in [0.05, 0.1) is 31.0 Å². The van der Waals surface area contributed by atoms with Crippen LogP contribution in [0.3, 0.4) is 0 Å². The second kappa shape index (κ2) is 8.57. The van der Waals surface area contributed by atoms with E-state index in [1.165, 1.54) is 17.0 Å². The van der Waals surface area contributed by atoms with E-state index in [1.807, 2.05) is 12.1 Å². The number of nitrogens with zero attached hydrogens (tertiary/aromatic N) is 3. The molecule has 0 saturated heterocycles. The van der Waals surface area contributed by atoms with Crippen LogP contribution in [0.1, 0.15) is 18.4 Å². The molecule has 1 atom stereocenters. The van der Waals surface area contributed by atoms with Gasteiger partial charge in [0.25, 0.3) is 0 Å². The van der Waals surface area contributed by atoms with E-state index in [2.05, 4.69) is 0 Å². The molecule has 0 aromatic heterocycles. The number of aromatic hydroxyl groups is 1. The van der Waals surface area contributed by atoms with Crippen LogP contribution in [-0.4, -0.2) is 35.0 Å². The van der Waals surface area contributed by atoms with Gasteiger partial charge in [-0.25, -0.2) is 0 Å². The lowest BCUT2D eigenvalue weighted by Gasteiger charge is -2.24. The maximum Gasteiger partial charge on any atom is 0.239 e. The average molecular weight is 286 g/mol. The number of nitrogens with two attached hydrogens (primary N) is 1. The van der Waals surface area contributed by atoms with E-state index in [4.69, 9.17) is 16.3 Å². The molecule has 6 nitrogen and oxygen atoms in total. The van der Waals surface area contributed by atoms with Gasteiger partial charge in [-0.1, -0.05) is 12.1 Å². The third-order valence-electron chi connectivity index (χ3n) is 3.01. The minimum atomic E-state index is -0.730. The van der Waals surface area contributed by atoms with E-state index in [0.29, 0.717) is 6.42 Å². The van der Waals surface area contributed by atoms with Gasteiger partial charge in [-0.3, -0.25) is 4.79 Å². The zero-order chi connectivity index (χ0) is 15.7. The molecule has 0 heterocycles. The number of rotatable bonds is 7. The zero-order valence-electron chi connectivity index (χ0n) is 11.7. The molecule has 0 fully saturated rings. The molecular weight excluding hydrogens is 268 g/mol. The number of nitriles is 2. The monoisotopic (exact) mass is 286 g/mol. The van der Waals surface area contributed by atoms with Crippen LogP contribution in [0.25, 0.3) is 0 Å². The molecule has 1 rings (SSSR count). The molecule has 0 spiro atoms. The number of phenols is 1. The van der Waals surface area contributed by atoms with Crippen LogP contribution < -0.4 is 5.73 Å². The predicted molar refractivity (Wildman–Crippen MR) is 76.8 cm³/mol. The summed E-state index contributed by atoms with van der Waals surface area (Å²) in [6.07, 6.45) is 0.765. The van der Waals surface area contributed by atoms with Crippen molar-refractivity contribution in [1.29, 1.82) is 10.5 Å². The Hall–Kier alpha value is -2.57. The van der Waals surface area contributed by atoms with Gasteiger partial charge in [0.2, 0.25) is 5.91 Å². The largest absolute Gasteiger partial charge is 0.508 e. The lowest BCUT2D eigenvalue weighted by Crippen LogP contribution is -2.45. The Labute approximate surface area is 124 Å². The van der Waals surface area contributed by atoms with Gasteiger partial charge in [0, 0.05) is 13.1 Å².